The lowest BCUT2D eigenvalue weighted by Crippen LogP contribution is -2.32. The molecule has 0 aliphatic heterocycles. The molecule has 28 heavy (non-hydrogen) atoms. The van der Waals surface area contributed by atoms with E-state index in [1.807, 2.05) is 0 Å². The fourth-order valence-corrected chi connectivity index (χ4v) is 2.38. The van der Waals surface area contributed by atoms with Crippen molar-refractivity contribution in [2.75, 3.05) is 26.2 Å². The van der Waals surface area contributed by atoms with Crippen molar-refractivity contribution in [2.24, 2.45) is 0 Å². The predicted molar refractivity (Wildman–Crippen MR) is 102 cm³/mol. The molecule has 0 atom stereocenters. The number of carbonyl (C=O) groups is 4. The molecule has 0 spiro atoms. The lowest BCUT2D eigenvalue weighted by molar-refractivity contribution is -0.118. The minimum absolute atomic E-state index is 0.0243. The number of carboxylic acid groups (broad SMARTS) is 1. The number of nitrogens with one attached hydrogen (secondary N) is 3. The first-order chi connectivity index (χ1) is 13.4. The third kappa shape index (κ3) is 9.56. The first kappa shape index (κ1) is 22.9. The molecule has 0 bridgehead atoms. The van der Waals surface area contributed by atoms with Gasteiger partial charge in [-0.3, -0.25) is 9.59 Å². The van der Waals surface area contributed by atoms with Crippen LogP contribution in [0.2, 0.25) is 0 Å². The summed E-state index contributed by atoms with van der Waals surface area (Å²) in [4.78, 5) is 45.3. The molecule has 1 rings (SSSR count). The Balaban J connectivity index is 2.10. The van der Waals surface area contributed by atoms with E-state index in [1.54, 1.807) is 6.07 Å². The molecule has 0 aliphatic rings. The van der Waals surface area contributed by atoms with Gasteiger partial charge in [-0.25, -0.2) is 9.59 Å². The van der Waals surface area contributed by atoms with Crippen LogP contribution in [0.1, 0.15) is 53.3 Å². The zero-order valence-corrected chi connectivity index (χ0v) is 16.0. The molecule has 9 heteroatoms. The first-order valence-electron chi connectivity index (χ1n) is 9.17. The Kier molecular flexibility index (Phi) is 10.8. The second-order valence-electron chi connectivity index (χ2n) is 6.07. The average molecular weight is 393 g/mol. The summed E-state index contributed by atoms with van der Waals surface area (Å²) in [6.45, 7) is 2.67. The Morgan fingerprint density at radius 3 is 2.07 bits per heavy atom. The normalized spacial score (nSPS) is 10.0. The molecule has 0 saturated carbocycles. The minimum Gasteiger partial charge on any atom is -0.478 e. The van der Waals surface area contributed by atoms with Gasteiger partial charge in [0, 0.05) is 20.0 Å². The molecule has 0 unspecified atom stereocenters. The molecular formula is C19H27N3O6. The quantitative estimate of drug-likeness (QED) is 0.398. The second-order valence-corrected chi connectivity index (χ2v) is 6.07. The number of carbonyl (C=O) groups excluding carboxylic acids is 3. The van der Waals surface area contributed by atoms with E-state index < -0.39 is 18.0 Å². The van der Waals surface area contributed by atoms with Gasteiger partial charge in [0.05, 0.1) is 17.7 Å². The number of carboxylic acids is 1. The molecule has 3 amide bonds. The van der Waals surface area contributed by atoms with Crippen molar-refractivity contribution in [2.45, 2.75) is 32.6 Å². The number of hydrogen-bond donors (Lipinski definition) is 4. The highest BCUT2D eigenvalue weighted by Crippen LogP contribution is 2.08. The molecule has 0 aliphatic carbocycles. The summed E-state index contributed by atoms with van der Waals surface area (Å²) >= 11 is 0. The maximum Gasteiger partial charge on any atom is 0.407 e. The Morgan fingerprint density at radius 2 is 1.46 bits per heavy atom. The molecule has 9 nitrogen and oxygen atoms in total. The number of rotatable bonds is 12. The van der Waals surface area contributed by atoms with Gasteiger partial charge in [-0.15, -0.1) is 0 Å². The average Bonchev–Trinajstić information content (AvgIpc) is 2.66. The highest BCUT2D eigenvalue weighted by Gasteiger charge is 2.15. The second kappa shape index (κ2) is 13.1. The molecule has 0 radical (unpaired) electrons. The lowest BCUT2D eigenvalue weighted by Gasteiger charge is -2.09. The van der Waals surface area contributed by atoms with Gasteiger partial charge in [0.25, 0.3) is 5.91 Å². The maximum absolute atomic E-state index is 12.0. The molecule has 0 aromatic heterocycles. The van der Waals surface area contributed by atoms with Crippen molar-refractivity contribution < 1.29 is 29.0 Å². The van der Waals surface area contributed by atoms with Gasteiger partial charge in [0.15, 0.2) is 0 Å². The van der Waals surface area contributed by atoms with Crippen LogP contribution in [-0.2, 0) is 9.53 Å². The number of alkyl carbamates (subject to hydrolysis) is 1. The van der Waals surface area contributed by atoms with Crippen LogP contribution in [0.5, 0.6) is 0 Å². The summed E-state index contributed by atoms with van der Waals surface area (Å²) in [7, 11) is 0. The van der Waals surface area contributed by atoms with E-state index in [0.29, 0.717) is 13.1 Å². The minimum atomic E-state index is -1.18. The van der Waals surface area contributed by atoms with Crippen molar-refractivity contribution in [3.63, 3.8) is 0 Å². The maximum atomic E-state index is 12.0. The number of amides is 3. The van der Waals surface area contributed by atoms with Crippen LogP contribution in [0, 0.1) is 0 Å². The van der Waals surface area contributed by atoms with Crippen molar-refractivity contribution in [3.8, 4) is 0 Å². The van der Waals surface area contributed by atoms with Gasteiger partial charge in [0.2, 0.25) is 5.91 Å². The zero-order valence-electron chi connectivity index (χ0n) is 16.0. The first-order valence-corrected chi connectivity index (χ1v) is 9.17. The number of unbranched alkanes of at least 4 members (excludes halogenated alkanes) is 3. The summed E-state index contributed by atoms with van der Waals surface area (Å²) in [5.74, 6) is -1.76. The van der Waals surface area contributed by atoms with Gasteiger partial charge in [-0.05, 0) is 25.0 Å². The van der Waals surface area contributed by atoms with E-state index in [1.165, 1.54) is 25.1 Å². The molecule has 1 aromatic carbocycles. The van der Waals surface area contributed by atoms with E-state index in [2.05, 4.69) is 16.0 Å². The number of benzene rings is 1. The SMILES string of the molecule is CC(=O)NCCCCCCNC(=O)OCCNC(=O)c1ccccc1C(=O)O. The van der Waals surface area contributed by atoms with E-state index in [9.17, 15) is 19.2 Å². The lowest BCUT2D eigenvalue weighted by atomic mass is 10.1. The fourth-order valence-electron chi connectivity index (χ4n) is 2.38. The molecule has 0 saturated heterocycles. The topological polar surface area (TPSA) is 134 Å². The molecule has 1 aromatic rings. The third-order valence-corrected chi connectivity index (χ3v) is 3.77. The summed E-state index contributed by atoms with van der Waals surface area (Å²) in [6.07, 6.45) is 3.02. The highest BCUT2D eigenvalue weighted by atomic mass is 16.5. The monoisotopic (exact) mass is 393 g/mol. The van der Waals surface area contributed by atoms with Gasteiger partial charge in [0.1, 0.15) is 6.61 Å². The summed E-state index contributed by atoms with van der Waals surface area (Å²) in [5.41, 5.74) is -0.0336. The van der Waals surface area contributed by atoms with Gasteiger partial charge in [-0.1, -0.05) is 25.0 Å². The Hall–Kier alpha value is -3.10. The zero-order chi connectivity index (χ0) is 20.8. The molecular weight excluding hydrogens is 366 g/mol. The molecule has 4 N–H and O–H groups in total. The van der Waals surface area contributed by atoms with Crippen molar-refractivity contribution >= 4 is 23.9 Å². The Bertz CT molecular complexity index is 677. The van der Waals surface area contributed by atoms with Crippen LogP contribution in [-0.4, -0.2) is 55.2 Å². The predicted octanol–water partition coefficient (Wildman–Crippen LogP) is 1.54. The molecule has 154 valence electrons. The van der Waals surface area contributed by atoms with Crippen LogP contribution in [0.15, 0.2) is 24.3 Å². The summed E-state index contributed by atoms with van der Waals surface area (Å²) < 4.78 is 4.95. The number of hydrogen-bond acceptors (Lipinski definition) is 5. The number of aromatic carboxylic acids is 1. The van der Waals surface area contributed by atoms with E-state index in [0.717, 1.165) is 25.7 Å². The van der Waals surface area contributed by atoms with E-state index >= 15 is 0 Å². The fraction of sp³-hybridized carbons (Fsp3) is 0.474. The van der Waals surface area contributed by atoms with Crippen molar-refractivity contribution in [1.29, 1.82) is 0 Å². The van der Waals surface area contributed by atoms with Gasteiger partial charge < -0.3 is 25.8 Å². The van der Waals surface area contributed by atoms with Crippen LogP contribution < -0.4 is 16.0 Å². The standard InChI is InChI=1S/C19H27N3O6/c1-14(23)20-10-6-2-3-7-11-22-19(27)28-13-12-21-17(24)15-8-4-5-9-16(15)18(25)26/h4-5,8-9H,2-3,6-7,10-13H2,1H3,(H,20,23)(H,21,24)(H,22,27)(H,25,26). The van der Waals surface area contributed by atoms with Crippen LogP contribution in [0.3, 0.4) is 0 Å². The molecule has 0 heterocycles. The van der Waals surface area contributed by atoms with E-state index in [4.69, 9.17) is 9.84 Å². The van der Waals surface area contributed by atoms with Crippen molar-refractivity contribution in [1.82, 2.24) is 16.0 Å². The van der Waals surface area contributed by atoms with E-state index in [-0.39, 0.29) is 30.2 Å². The number of ether oxygens (including phenoxy) is 1. The van der Waals surface area contributed by atoms with Gasteiger partial charge in [-0.2, -0.15) is 0 Å². The van der Waals surface area contributed by atoms with Crippen molar-refractivity contribution in [3.05, 3.63) is 35.4 Å². The molecule has 0 fully saturated rings. The summed E-state index contributed by atoms with van der Waals surface area (Å²) in [6, 6.07) is 5.88. The largest absolute Gasteiger partial charge is 0.478 e. The Labute approximate surface area is 163 Å². The van der Waals surface area contributed by atoms with Crippen LogP contribution >= 0.6 is 0 Å². The highest BCUT2D eigenvalue weighted by molar-refractivity contribution is 6.04. The van der Waals surface area contributed by atoms with Crippen LogP contribution in [0.4, 0.5) is 4.79 Å². The van der Waals surface area contributed by atoms with Crippen LogP contribution in [0.25, 0.3) is 0 Å². The summed E-state index contributed by atoms with van der Waals surface area (Å²) in [5, 5.41) is 16.9. The van der Waals surface area contributed by atoms with Gasteiger partial charge >= 0.3 is 12.1 Å². The third-order valence-electron chi connectivity index (χ3n) is 3.77. The Morgan fingerprint density at radius 1 is 0.857 bits per heavy atom. The smallest absolute Gasteiger partial charge is 0.407 e.